The van der Waals surface area contributed by atoms with Gasteiger partial charge in [0.2, 0.25) is 5.91 Å². The lowest BCUT2D eigenvalue weighted by molar-refractivity contribution is -0.119. The molecule has 1 spiro atoms. The molecule has 25 heavy (non-hydrogen) atoms. The molecule has 1 amide bonds. The number of guanidine groups is 1. The molecular formula is C18H24Cl2N4O. The van der Waals surface area contributed by atoms with Gasteiger partial charge in [0.25, 0.3) is 0 Å². The van der Waals surface area contributed by atoms with Gasteiger partial charge in [-0.3, -0.25) is 4.79 Å². The van der Waals surface area contributed by atoms with Crippen molar-refractivity contribution in [3.8, 4) is 0 Å². The van der Waals surface area contributed by atoms with E-state index < -0.39 is 0 Å². The van der Waals surface area contributed by atoms with Crippen LogP contribution in [0.2, 0.25) is 10.0 Å². The third-order valence-electron chi connectivity index (χ3n) is 4.91. The monoisotopic (exact) mass is 382 g/mol. The van der Waals surface area contributed by atoms with E-state index in [1.165, 1.54) is 0 Å². The molecular weight excluding hydrogens is 359 g/mol. The van der Waals surface area contributed by atoms with Gasteiger partial charge in [0.15, 0.2) is 5.96 Å². The summed E-state index contributed by atoms with van der Waals surface area (Å²) in [5.74, 6) is 1.05. The summed E-state index contributed by atoms with van der Waals surface area (Å²) in [6.07, 6.45) is 2.78. The first kappa shape index (κ1) is 18.3. The normalized spacial score (nSPS) is 23.9. The van der Waals surface area contributed by atoms with Gasteiger partial charge >= 0.3 is 0 Å². The molecule has 136 valence electrons. The van der Waals surface area contributed by atoms with Crippen molar-refractivity contribution >= 4 is 35.1 Å². The number of carbonyl (C=O) groups excluding carboxylic acids is 1. The van der Waals surface area contributed by atoms with E-state index in [1.54, 1.807) is 6.07 Å². The van der Waals surface area contributed by atoms with Gasteiger partial charge < -0.3 is 15.5 Å². The molecule has 2 aliphatic rings. The van der Waals surface area contributed by atoms with Crippen molar-refractivity contribution in [2.45, 2.75) is 32.7 Å². The van der Waals surface area contributed by atoms with Crippen LogP contribution >= 0.6 is 23.2 Å². The fourth-order valence-electron chi connectivity index (χ4n) is 3.66. The number of carbonyl (C=O) groups is 1. The summed E-state index contributed by atoms with van der Waals surface area (Å²) in [7, 11) is 0. The van der Waals surface area contributed by atoms with Crippen molar-refractivity contribution in [1.29, 1.82) is 0 Å². The second kappa shape index (κ2) is 7.83. The minimum atomic E-state index is 0.0451. The number of amides is 1. The molecule has 0 aromatic heterocycles. The molecule has 2 N–H and O–H groups in total. The van der Waals surface area contributed by atoms with Crippen LogP contribution in [0.15, 0.2) is 23.2 Å². The van der Waals surface area contributed by atoms with Gasteiger partial charge in [-0.1, -0.05) is 29.3 Å². The first-order valence-electron chi connectivity index (χ1n) is 8.75. The second-order valence-corrected chi connectivity index (χ2v) is 7.73. The lowest BCUT2D eigenvalue weighted by Crippen LogP contribution is -2.51. The highest BCUT2D eigenvalue weighted by atomic mass is 35.5. The molecule has 2 saturated heterocycles. The topological polar surface area (TPSA) is 56.7 Å². The van der Waals surface area contributed by atoms with Gasteiger partial charge in [0.1, 0.15) is 0 Å². The number of piperidine rings is 1. The van der Waals surface area contributed by atoms with Crippen molar-refractivity contribution in [3.05, 3.63) is 33.8 Å². The zero-order valence-electron chi connectivity index (χ0n) is 14.4. The van der Waals surface area contributed by atoms with Crippen LogP contribution in [-0.4, -0.2) is 42.9 Å². The van der Waals surface area contributed by atoms with Gasteiger partial charge in [-0.15, -0.1) is 0 Å². The van der Waals surface area contributed by atoms with E-state index >= 15 is 0 Å². The lowest BCUT2D eigenvalue weighted by atomic mass is 9.79. The predicted octanol–water partition coefficient (Wildman–Crippen LogP) is 3.06. The van der Waals surface area contributed by atoms with E-state index in [9.17, 15) is 4.79 Å². The molecule has 0 bridgehead atoms. The van der Waals surface area contributed by atoms with Crippen molar-refractivity contribution < 1.29 is 4.79 Å². The molecule has 5 nitrogen and oxygen atoms in total. The second-order valence-electron chi connectivity index (χ2n) is 6.88. The van der Waals surface area contributed by atoms with Crippen molar-refractivity contribution in [3.63, 3.8) is 0 Å². The van der Waals surface area contributed by atoms with Gasteiger partial charge in [-0.2, -0.15) is 0 Å². The molecule has 7 heteroatoms. The van der Waals surface area contributed by atoms with Crippen molar-refractivity contribution in [2.75, 3.05) is 26.2 Å². The average Bonchev–Trinajstić information content (AvgIpc) is 2.93. The quantitative estimate of drug-likeness (QED) is 0.623. The van der Waals surface area contributed by atoms with E-state index in [0.717, 1.165) is 50.5 Å². The first-order chi connectivity index (χ1) is 12.0. The molecule has 1 atom stereocenters. The summed E-state index contributed by atoms with van der Waals surface area (Å²) in [6.45, 7) is 5.94. The number of hydrogen-bond acceptors (Lipinski definition) is 2. The number of likely N-dealkylation sites (tertiary alicyclic amines) is 1. The van der Waals surface area contributed by atoms with E-state index in [-0.39, 0.29) is 11.3 Å². The maximum absolute atomic E-state index is 11.7. The van der Waals surface area contributed by atoms with Gasteiger partial charge in [-0.25, -0.2) is 4.99 Å². The number of nitrogens with zero attached hydrogens (tertiary/aromatic N) is 2. The summed E-state index contributed by atoms with van der Waals surface area (Å²) < 4.78 is 0. The molecule has 0 aliphatic carbocycles. The summed E-state index contributed by atoms with van der Waals surface area (Å²) in [4.78, 5) is 18.7. The van der Waals surface area contributed by atoms with Crippen LogP contribution in [0.4, 0.5) is 0 Å². The van der Waals surface area contributed by atoms with Crippen molar-refractivity contribution in [2.24, 2.45) is 10.4 Å². The number of nitrogens with one attached hydrogen (secondary N) is 2. The Morgan fingerprint density at radius 3 is 2.96 bits per heavy atom. The van der Waals surface area contributed by atoms with E-state index in [2.05, 4.69) is 22.5 Å². The molecule has 3 rings (SSSR count). The SMILES string of the molecule is CCNC(=NCc1ccc(Cl)cc1Cl)N1CCCC2(CNC(=O)C2)C1. The fourth-order valence-corrected chi connectivity index (χ4v) is 4.13. The Morgan fingerprint density at radius 1 is 1.44 bits per heavy atom. The number of benzene rings is 1. The molecule has 0 saturated carbocycles. The van der Waals surface area contributed by atoms with Gasteiger partial charge in [0, 0.05) is 48.1 Å². The Balaban J connectivity index is 1.74. The van der Waals surface area contributed by atoms with E-state index in [0.29, 0.717) is 23.0 Å². The van der Waals surface area contributed by atoms with Crippen LogP contribution in [0.25, 0.3) is 0 Å². The van der Waals surface area contributed by atoms with Crippen LogP contribution < -0.4 is 10.6 Å². The zero-order valence-corrected chi connectivity index (χ0v) is 16.0. The van der Waals surface area contributed by atoms with Gasteiger partial charge in [0.05, 0.1) is 6.54 Å². The van der Waals surface area contributed by atoms with Crippen molar-refractivity contribution in [1.82, 2.24) is 15.5 Å². The minimum absolute atomic E-state index is 0.0451. The Bertz CT molecular complexity index is 679. The molecule has 2 fully saturated rings. The van der Waals surface area contributed by atoms with Crippen LogP contribution in [0.5, 0.6) is 0 Å². The van der Waals surface area contributed by atoms with E-state index in [4.69, 9.17) is 28.2 Å². The van der Waals surface area contributed by atoms with E-state index in [1.807, 2.05) is 12.1 Å². The summed E-state index contributed by atoms with van der Waals surface area (Å²) in [5.41, 5.74) is 0.995. The Labute approximate surface area is 158 Å². The Hall–Kier alpha value is -1.46. The van der Waals surface area contributed by atoms with Crippen LogP contribution in [0.3, 0.4) is 0 Å². The number of aliphatic imine (C=N–C) groups is 1. The zero-order chi connectivity index (χ0) is 17.9. The van der Waals surface area contributed by atoms with Gasteiger partial charge in [-0.05, 0) is 37.5 Å². The third-order valence-corrected chi connectivity index (χ3v) is 5.49. The predicted molar refractivity (Wildman–Crippen MR) is 102 cm³/mol. The number of hydrogen-bond donors (Lipinski definition) is 2. The smallest absolute Gasteiger partial charge is 0.220 e. The molecule has 2 heterocycles. The van der Waals surface area contributed by atoms with Crippen LogP contribution in [0.1, 0.15) is 31.7 Å². The fraction of sp³-hybridized carbons (Fsp3) is 0.556. The maximum Gasteiger partial charge on any atom is 0.220 e. The lowest BCUT2D eigenvalue weighted by Gasteiger charge is -2.40. The Morgan fingerprint density at radius 2 is 2.28 bits per heavy atom. The molecule has 1 aromatic carbocycles. The first-order valence-corrected chi connectivity index (χ1v) is 9.51. The minimum Gasteiger partial charge on any atom is -0.357 e. The summed E-state index contributed by atoms with van der Waals surface area (Å²) >= 11 is 12.2. The third kappa shape index (κ3) is 4.39. The Kier molecular flexibility index (Phi) is 5.74. The summed E-state index contributed by atoms with van der Waals surface area (Å²) in [5, 5.41) is 7.62. The molecule has 2 aliphatic heterocycles. The molecule has 0 radical (unpaired) electrons. The van der Waals surface area contributed by atoms with Crippen LogP contribution in [0, 0.1) is 5.41 Å². The maximum atomic E-state index is 11.7. The molecule has 1 unspecified atom stereocenters. The number of halogens is 2. The van der Waals surface area contributed by atoms with Crippen LogP contribution in [-0.2, 0) is 11.3 Å². The number of rotatable bonds is 3. The highest BCUT2D eigenvalue weighted by Gasteiger charge is 2.42. The average molecular weight is 383 g/mol. The highest BCUT2D eigenvalue weighted by molar-refractivity contribution is 6.35. The summed E-state index contributed by atoms with van der Waals surface area (Å²) in [6, 6.07) is 5.48. The highest BCUT2D eigenvalue weighted by Crippen LogP contribution is 2.36. The molecule has 1 aromatic rings. The standard InChI is InChI=1S/C18H24Cl2N4O/c1-2-21-17(22-10-13-4-5-14(19)8-15(13)20)24-7-3-6-18(12-24)9-16(25)23-11-18/h4-5,8H,2-3,6-7,9-12H2,1H3,(H,21,22)(H,23,25). The largest absolute Gasteiger partial charge is 0.357 e.